The van der Waals surface area contributed by atoms with Gasteiger partial charge in [0.25, 0.3) is 0 Å². The summed E-state index contributed by atoms with van der Waals surface area (Å²) in [5, 5.41) is 0. The summed E-state index contributed by atoms with van der Waals surface area (Å²) in [4.78, 5) is 22.4. The number of aryl methyl sites for hydroxylation is 2. The number of carbonyl (C=O) groups is 1. The highest BCUT2D eigenvalue weighted by molar-refractivity contribution is 7.12. The van der Waals surface area contributed by atoms with E-state index in [1.807, 2.05) is 17.5 Å². The number of allylic oxidation sites excluding steroid dienone is 1. The van der Waals surface area contributed by atoms with Gasteiger partial charge in [-0.05, 0) is 81.1 Å². The fourth-order valence-corrected chi connectivity index (χ4v) is 8.10. The average Bonchev–Trinajstić information content (AvgIpc) is 3.36. The van der Waals surface area contributed by atoms with Crippen LogP contribution in [0, 0.1) is 11.8 Å². The lowest BCUT2D eigenvalue weighted by Gasteiger charge is -2.40. The number of hydrogen-bond acceptors (Lipinski definition) is 5. The van der Waals surface area contributed by atoms with Gasteiger partial charge in [-0.25, -0.2) is 0 Å². The van der Waals surface area contributed by atoms with Crippen LogP contribution in [0.4, 0.5) is 0 Å². The molecule has 0 bridgehead atoms. The van der Waals surface area contributed by atoms with E-state index < -0.39 is 0 Å². The van der Waals surface area contributed by atoms with E-state index >= 15 is 0 Å². The van der Waals surface area contributed by atoms with E-state index in [9.17, 15) is 4.79 Å². The minimum absolute atomic E-state index is 0.178. The second kappa shape index (κ2) is 10.4. The third-order valence-corrected chi connectivity index (χ3v) is 9.78. The van der Waals surface area contributed by atoms with E-state index in [2.05, 4.69) is 17.9 Å². The summed E-state index contributed by atoms with van der Waals surface area (Å²) >= 11 is 1.98. The zero-order chi connectivity index (χ0) is 22.8. The molecule has 1 saturated heterocycles. The van der Waals surface area contributed by atoms with E-state index in [-0.39, 0.29) is 11.8 Å². The molecule has 4 aliphatic rings. The molecule has 0 aromatic carbocycles. The minimum atomic E-state index is -0.178. The Labute approximate surface area is 202 Å². The molecule has 2 fully saturated rings. The fourth-order valence-electron chi connectivity index (χ4n) is 6.65. The number of primary amides is 1. The molecule has 1 saturated carbocycles. The summed E-state index contributed by atoms with van der Waals surface area (Å²) in [7, 11) is 0. The van der Waals surface area contributed by atoms with Crippen LogP contribution in [0.5, 0.6) is 0 Å². The molecule has 0 radical (unpaired) electrons. The molecule has 2 aliphatic heterocycles. The third kappa shape index (κ3) is 5.13. The highest BCUT2D eigenvalue weighted by Crippen LogP contribution is 2.46. The zero-order valence-corrected chi connectivity index (χ0v) is 20.9. The maximum Gasteiger partial charge on any atom is 0.218 e. The number of thiophene rings is 1. The van der Waals surface area contributed by atoms with E-state index in [1.165, 1.54) is 52.3 Å². The maximum atomic E-state index is 11.8. The predicted octanol–water partition coefficient (Wildman–Crippen LogP) is 4.82. The van der Waals surface area contributed by atoms with Gasteiger partial charge in [-0.3, -0.25) is 14.7 Å². The van der Waals surface area contributed by atoms with Crippen molar-refractivity contribution in [3.05, 3.63) is 33.2 Å². The van der Waals surface area contributed by atoms with Crippen LogP contribution in [-0.2, 0) is 22.4 Å². The molecule has 1 aromatic rings. The summed E-state index contributed by atoms with van der Waals surface area (Å²) < 4.78 is 5.55. The topological polar surface area (TPSA) is 67.9 Å². The number of ether oxygens (including phenoxy) is 1. The van der Waals surface area contributed by atoms with Crippen molar-refractivity contribution in [2.75, 3.05) is 26.3 Å². The van der Waals surface area contributed by atoms with Gasteiger partial charge in [-0.1, -0.05) is 13.0 Å². The van der Waals surface area contributed by atoms with Crippen LogP contribution in [0.25, 0.3) is 0 Å². The lowest BCUT2D eigenvalue weighted by molar-refractivity contribution is -0.118. The minimum Gasteiger partial charge on any atom is -0.379 e. The monoisotopic (exact) mass is 469 g/mol. The SMILES string of the molecule is CC(CC1=NC=CCCc2sc3c(c21)C(CC(N)=O)CC3)C1CCC(N2CCOCC2)CC1. The molecule has 2 N–H and O–H groups in total. The Balaban J connectivity index is 1.30. The number of aliphatic imine (C=N–C) groups is 1. The number of fused-ring (bicyclic) bond motifs is 3. The van der Waals surface area contributed by atoms with E-state index in [1.54, 1.807) is 0 Å². The van der Waals surface area contributed by atoms with Gasteiger partial charge in [0.1, 0.15) is 0 Å². The molecular weight excluding hydrogens is 430 g/mol. The van der Waals surface area contributed by atoms with Crippen LogP contribution < -0.4 is 5.73 Å². The van der Waals surface area contributed by atoms with Crippen molar-refractivity contribution < 1.29 is 9.53 Å². The van der Waals surface area contributed by atoms with Crippen LogP contribution >= 0.6 is 11.3 Å². The first-order valence-electron chi connectivity index (χ1n) is 13.1. The largest absolute Gasteiger partial charge is 0.379 e. The van der Waals surface area contributed by atoms with E-state index in [0.29, 0.717) is 12.3 Å². The molecule has 1 amide bonds. The number of amides is 1. The first-order chi connectivity index (χ1) is 16.1. The van der Waals surface area contributed by atoms with E-state index in [4.69, 9.17) is 15.5 Å². The smallest absolute Gasteiger partial charge is 0.218 e. The van der Waals surface area contributed by atoms with Crippen molar-refractivity contribution >= 4 is 23.0 Å². The summed E-state index contributed by atoms with van der Waals surface area (Å²) in [5.41, 5.74) is 9.70. The zero-order valence-electron chi connectivity index (χ0n) is 20.1. The fraction of sp³-hybridized carbons (Fsp3) is 0.704. The molecule has 5 nitrogen and oxygen atoms in total. The molecule has 6 heteroatoms. The maximum absolute atomic E-state index is 11.8. The number of carbonyl (C=O) groups excluding carboxylic acids is 1. The van der Waals surface area contributed by atoms with Crippen LogP contribution in [0.15, 0.2) is 17.3 Å². The first kappa shape index (κ1) is 23.3. The highest BCUT2D eigenvalue weighted by Gasteiger charge is 2.35. The number of nitrogens with two attached hydrogens (primary N) is 1. The van der Waals surface area contributed by atoms with E-state index in [0.717, 1.165) is 70.4 Å². The van der Waals surface area contributed by atoms with Crippen molar-refractivity contribution in [1.29, 1.82) is 0 Å². The van der Waals surface area contributed by atoms with Gasteiger partial charge in [0.2, 0.25) is 5.91 Å². The van der Waals surface area contributed by atoms with Gasteiger partial charge in [-0.15, -0.1) is 11.3 Å². The number of rotatable bonds is 6. The Morgan fingerprint density at radius 2 is 1.97 bits per heavy atom. The molecule has 180 valence electrons. The summed E-state index contributed by atoms with van der Waals surface area (Å²) in [6.07, 6.45) is 15.3. The van der Waals surface area contributed by atoms with Crippen molar-refractivity contribution in [1.82, 2.24) is 4.90 Å². The van der Waals surface area contributed by atoms with Crippen molar-refractivity contribution in [3.63, 3.8) is 0 Å². The number of hydrogen-bond donors (Lipinski definition) is 1. The molecule has 2 aliphatic carbocycles. The highest BCUT2D eigenvalue weighted by atomic mass is 32.1. The van der Waals surface area contributed by atoms with Crippen molar-refractivity contribution in [2.45, 2.75) is 83.1 Å². The standard InChI is InChI=1S/C27H39N3O2S/c1-18(19-5-8-21(9-6-19)30-12-14-32-15-13-30)16-22-27-23(4-2-3-11-29-22)33-24-10-7-20(26(24)27)17-25(28)31/h3,11,18-21H,2,4-10,12-17H2,1H3,(H2,28,31). The Morgan fingerprint density at radius 3 is 2.73 bits per heavy atom. The number of morpholine rings is 1. The van der Waals surface area contributed by atoms with Crippen LogP contribution in [0.2, 0.25) is 0 Å². The second-order valence-electron chi connectivity index (χ2n) is 10.5. The normalized spacial score (nSPS) is 29.0. The Morgan fingerprint density at radius 1 is 1.18 bits per heavy atom. The van der Waals surface area contributed by atoms with Gasteiger partial charge in [0, 0.05) is 52.8 Å². The molecule has 1 aromatic heterocycles. The second-order valence-corrected chi connectivity index (χ2v) is 11.7. The van der Waals surface area contributed by atoms with Crippen LogP contribution in [0.3, 0.4) is 0 Å². The van der Waals surface area contributed by atoms with Crippen LogP contribution in [0.1, 0.15) is 85.1 Å². The first-order valence-corrected chi connectivity index (χ1v) is 13.9. The predicted molar refractivity (Wildman–Crippen MR) is 135 cm³/mol. The Hall–Kier alpha value is -1.50. The molecule has 0 spiro atoms. The molecule has 5 rings (SSSR count). The quantitative estimate of drug-likeness (QED) is 0.649. The van der Waals surface area contributed by atoms with Gasteiger partial charge in [0.05, 0.1) is 13.2 Å². The third-order valence-electron chi connectivity index (χ3n) is 8.46. The van der Waals surface area contributed by atoms with Gasteiger partial charge >= 0.3 is 0 Å². The average molecular weight is 470 g/mol. The molecule has 3 heterocycles. The van der Waals surface area contributed by atoms with Crippen LogP contribution in [-0.4, -0.2) is 48.9 Å². The van der Waals surface area contributed by atoms with Gasteiger partial charge in [0.15, 0.2) is 0 Å². The Kier molecular flexibility index (Phi) is 7.33. The lowest BCUT2D eigenvalue weighted by Crippen LogP contribution is -2.45. The van der Waals surface area contributed by atoms with Crippen molar-refractivity contribution in [3.8, 4) is 0 Å². The summed E-state index contributed by atoms with van der Waals surface area (Å²) in [5.74, 6) is 1.50. The summed E-state index contributed by atoms with van der Waals surface area (Å²) in [6, 6.07) is 0.750. The Bertz CT molecular complexity index is 907. The van der Waals surface area contributed by atoms with Crippen molar-refractivity contribution in [2.24, 2.45) is 22.6 Å². The van der Waals surface area contributed by atoms with Gasteiger partial charge in [-0.2, -0.15) is 0 Å². The number of nitrogens with zero attached hydrogens (tertiary/aromatic N) is 2. The molecule has 2 unspecified atom stereocenters. The van der Waals surface area contributed by atoms with Gasteiger partial charge < -0.3 is 10.5 Å². The molecule has 33 heavy (non-hydrogen) atoms. The molecular formula is C27H39N3O2S. The summed E-state index contributed by atoms with van der Waals surface area (Å²) in [6.45, 7) is 6.44. The lowest BCUT2D eigenvalue weighted by atomic mass is 9.75. The molecule has 2 atom stereocenters.